The Balaban J connectivity index is 1.66. The molecule has 6 heteroatoms. The molecular weight excluding hydrogens is 260 g/mol. The lowest BCUT2D eigenvalue weighted by Crippen LogP contribution is -2.38. The minimum Gasteiger partial charge on any atom is -0.368 e. The fourth-order valence-corrected chi connectivity index (χ4v) is 3.11. The van der Waals surface area contributed by atoms with Gasteiger partial charge in [0.25, 0.3) is 0 Å². The van der Waals surface area contributed by atoms with E-state index < -0.39 is 0 Å². The van der Waals surface area contributed by atoms with Crippen LogP contribution in [0.4, 0.5) is 0 Å². The van der Waals surface area contributed by atoms with Crippen LogP contribution in [0.5, 0.6) is 0 Å². The maximum absolute atomic E-state index is 5.81. The number of aromatic nitrogens is 3. The molecule has 102 valence electrons. The van der Waals surface area contributed by atoms with Gasteiger partial charge >= 0.3 is 0 Å². The first kappa shape index (κ1) is 12.8. The molecule has 0 radical (unpaired) electrons. The van der Waals surface area contributed by atoms with Crippen molar-refractivity contribution in [2.75, 3.05) is 19.7 Å². The summed E-state index contributed by atoms with van der Waals surface area (Å²) in [6, 6.07) is 0. The van der Waals surface area contributed by atoms with Gasteiger partial charge in [0.15, 0.2) is 0 Å². The zero-order valence-corrected chi connectivity index (χ0v) is 12.0. The molecule has 2 aromatic heterocycles. The first-order valence-electron chi connectivity index (χ1n) is 6.47. The zero-order valence-electron chi connectivity index (χ0n) is 11.2. The average Bonchev–Trinajstić information content (AvgIpc) is 3.00. The molecule has 1 unspecified atom stereocenters. The van der Waals surface area contributed by atoms with E-state index in [4.69, 9.17) is 4.74 Å². The van der Waals surface area contributed by atoms with E-state index in [1.165, 1.54) is 4.88 Å². The maximum Gasteiger partial charge on any atom is 0.136 e. The topological polar surface area (TPSA) is 54.0 Å². The Morgan fingerprint density at radius 1 is 1.47 bits per heavy atom. The lowest BCUT2D eigenvalue weighted by Gasteiger charge is -2.31. The van der Waals surface area contributed by atoms with E-state index in [0.717, 1.165) is 43.5 Å². The van der Waals surface area contributed by atoms with Gasteiger partial charge in [0.05, 0.1) is 17.8 Å². The highest BCUT2D eigenvalue weighted by atomic mass is 32.1. The third kappa shape index (κ3) is 2.86. The molecule has 1 aliphatic heterocycles. The van der Waals surface area contributed by atoms with Crippen molar-refractivity contribution in [3.8, 4) is 0 Å². The van der Waals surface area contributed by atoms with Crippen molar-refractivity contribution in [3.05, 3.63) is 33.8 Å². The van der Waals surface area contributed by atoms with Crippen LogP contribution in [-0.4, -0.2) is 39.5 Å². The summed E-state index contributed by atoms with van der Waals surface area (Å²) in [5.41, 5.74) is 4.13. The lowest BCUT2D eigenvalue weighted by molar-refractivity contribution is -0.0366. The van der Waals surface area contributed by atoms with Crippen LogP contribution in [0.3, 0.4) is 0 Å². The molecule has 19 heavy (non-hydrogen) atoms. The van der Waals surface area contributed by atoms with Crippen LogP contribution in [0.2, 0.25) is 0 Å². The van der Waals surface area contributed by atoms with Gasteiger partial charge in [-0.15, -0.1) is 11.3 Å². The molecule has 0 amide bonds. The first-order chi connectivity index (χ1) is 9.22. The Bertz CT molecular complexity index is 550. The number of aromatic amines is 1. The molecular formula is C13H18N4OS. The number of H-pyrrole nitrogens is 1. The monoisotopic (exact) mass is 278 g/mol. The fourth-order valence-electron chi connectivity index (χ4n) is 2.29. The highest BCUT2D eigenvalue weighted by molar-refractivity contribution is 7.09. The van der Waals surface area contributed by atoms with Crippen LogP contribution < -0.4 is 0 Å². The molecule has 1 atom stereocenters. The summed E-state index contributed by atoms with van der Waals surface area (Å²) in [6.45, 7) is 7.63. The van der Waals surface area contributed by atoms with Gasteiger partial charge < -0.3 is 9.72 Å². The van der Waals surface area contributed by atoms with Gasteiger partial charge in [0.2, 0.25) is 0 Å². The zero-order chi connectivity index (χ0) is 13.2. The predicted molar refractivity (Wildman–Crippen MR) is 74.1 cm³/mol. The summed E-state index contributed by atoms with van der Waals surface area (Å²) >= 11 is 1.73. The first-order valence-corrected chi connectivity index (χ1v) is 7.35. The molecule has 0 aromatic carbocycles. The Labute approximate surface area is 116 Å². The van der Waals surface area contributed by atoms with Crippen molar-refractivity contribution in [2.45, 2.75) is 26.5 Å². The van der Waals surface area contributed by atoms with Gasteiger partial charge in [-0.3, -0.25) is 4.90 Å². The van der Waals surface area contributed by atoms with Crippen LogP contribution in [0.1, 0.15) is 28.2 Å². The summed E-state index contributed by atoms with van der Waals surface area (Å²) in [7, 11) is 0. The SMILES string of the molecule is Cc1cnc(C2CN(Cc3scnc3C)CCO2)[nH]1. The molecule has 0 bridgehead atoms. The normalized spacial score (nSPS) is 20.8. The molecule has 2 aromatic rings. The van der Waals surface area contributed by atoms with Gasteiger partial charge in [0.1, 0.15) is 11.9 Å². The highest BCUT2D eigenvalue weighted by Crippen LogP contribution is 2.22. The average molecular weight is 278 g/mol. The van der Waals surface area contributed by atoms with Crippen LogP contribution in [-0.2, 0) is 11.3 Å². The van der Waals surface area contributed by atoms with E-state index in [9.17, 15) is 0 Å². The van der Waals surface area contributed by atoms with E-state index in [2.05, 4.69) is 26.8 Å². The molecule has 5 nitrogen and oxygen atoms in total. The number of aryl methyl sites for hydroxylation is 2. The quantitative estimate of drug-likeness (QED) is 0.933. The number of ether oxygens (including phenoxy) is 1. The summed E-state index contributed by atoms with van der Waals surface area (Å²) < 4.78 is 5.81. The van der Waals surface area contributed by atoms with Gasteiger partial charge in [-0.05, 0) is 13.8 Å². The van der Waals surface area contributed by atoms with Gasteiger partial charge in [0, 0.05) is 36.4 Å². The minimum atomic E-state index is 0.0516. The number of morpholine rings is 1. The lowest BCUT2D eigenvalue weighted by atomic mass is 10.2. The molecule has 1 aliphatic rings. The summed E-state index contributed by atoms with van der Waals surface area (Å²) in [4.78, 5) is 15.7. The van der Waals surface area contributed by atoms with E-state index in [1.54, 1.807) is 11.3 Å². The van der Waals surface area contributed by atoms with Crippen molar-refractivity contribution < 1.29 is 4.74 Å². The van der Waals surface area contributed by atoms with Crippen molar-refractivity contribution in [3.63, 3.8) is 0 Å². The number of hydrogen-bond donors (Lipinski definition) is 1. The van der Waals surface area contributed by atoms with Crippen LogP contribution in [0.15, 0.2) is 11.7 Å². The van der Waals surface area contributed by atoms with E-state index in [-0.39, 0.29) is 6.10 Å². The largest absolute Gasteiger partial charge is 0.368 e. The Morgan fingerprint density at radius 2 is 2.37 bits per heavy atom. The number of rotatable bonds is 3. The van der Waals surface area contributed by atoms with Crippen molar-refractivity contribution in [2.24, 2.45) is 0 Å². The number of thiazole rings is 1. The molecule has 3 heterocycles. The molecule has 0 aliphatic carbocycles. The molecule has 1 saturated heterocycles. The second-order valence-corrected chi connectivity index (χ2v) is 5.85. The Hall–Kier alpha value is -1.24. The fraction of sp³-hybridized carbons (Fsp3) is 0.538. The number of nitrogens with one attached hydrogen (secondary N) is 1. The van der Waals surface area contributed by atoms with E-state index >= 15 is 0 Å². The van der Waals surface area contributed by atoms with Gasteiger partial charge in [-0.1, -0.05) is 0 Å². The van der Waals surface area contributed by atoms with E-state index in [0.29, 0.717) is 0 Å². The second kappa shape index (κ2) is 5.40. The molecule has 0 spiro atoms. The molecule has 3 rings (SSSR count). The number of nitrogens with zero attached hydrogens (tertiary/aromatic N) is 3. The third-order valence-corrected chi connectivity index (χ3v) is 4.31. The standard InChI is InChI=1S/C13H18N4OS/c1-9-5-14-13(16-9)11-6-17(3-4-18-11)7-12-10(2)15-8-19-12/h5,8,11H,3-4,6-7H2,1-2H3,(H,14,16). The van der Waals surface area contributed by atoms with Gasteiger partial charge in [-0.25, -0.2) is 9.97 Å². The predicted octanol–water partition coefficient (Wildman–Crippen LogP) is 2.06. The molecule has 1 fully saturated rings. The number of imidazole rings is 1. The van der Waals surface area contributed by atoms with Gasteiger partial charge in [-0.2, -0.15) is 0 Å². The van der Waals surface area contributed by atoms with Crippen molar-refractivity contribution in [1.29, 1.82) is 0 Å². The van der Waals surface area contributed by atoms with Crippen LogP contribution in [0, 0.1) is 13.8 Å². The molecule has 0 saturated carbocycles. The Morgan fingerprint density at radius 3 is 3.05 bits per heavy atom. The Kier molecular flexibility index (Phi) is 3.63. The highest BCUT2D eigenvalue weighted by Gasteiger charge is 2.24. The van der Waals surface area contributed by atoms with E-state index in [1.807, 2.05) is 18.6 Å². The number of hydrogen-bond acceptors (Lipinski definition) is 5. The summed E-state index contributed by atoms with van der Waals surface area (Å²) in [6.07, 6.45) is 1.90. The second-order valence-electron chi connectivity index (χ2n) is 4.91. The van der Waals surface area contributed by atoms with Crippen LogP contribution >= 0.6 is 11.3 Å². The minimum absolute atomic E-state index is 0.0516. The molecule has 1 N–H and O–H groups in total. The maximum atomic E-state index is 5.81. The summed E-state index contributed by atoms with van der Waals surface area (Å²) in [5.74, 6) is 0.934. The van der Waals surface area contributed by atoms with Crippen LogP contribution in [0.25, 0.3) is 0 Å². The summed E-state index contributed by atoms with van der Waals surface area (Å²) in [5, 5.41) is 0. The third-order valence-electron chi connectivity index (χ3n) is 3.39. The van der Waals surface area contributed by atoms with Crippen molar-refractivity contribution >= 4 is 11.3 Å². The van der Waals surface area contributed by atoms with Crippen molar-refractivity contribution in [1.82, 2.24) is 19.9 Å². The smallest absolute Gasteiger partial charge is 0.136 e.